The van der Waals surface area contributed by atoms with Crippen LogP contribution in [0.1, 0.15) is 24.2 Å². The van der Waals surface area contributed by atoms with E-state index in [0.29, 0.717) is 5.56 Å². The van der Waals surface area contributed by atoms with Crippen molar-refractivity contribution in [2.45, 2.75) is 18.2 Å². The predicted molar refractivity (Wildman–Crippen MR) is 88.2 cm³/mol. The van der Waals surface area contributed by atoms with Gasteiger partial charge in [-0.3, -0.25) is 9.78 Å². The second kappa shape index (κ2) is 7.40. The van der Waals surface area contributed by atoms with Crippen LogP contribution in [-0.2, 0) is 4.79 Å². The number of aromatic nitrogens is 1. The molecule has 0 fully saturated rings. The Morgan fingerprint density at radius 2 is 2.05 bits per heavy atom. The maximum Gasteiger partial charge on any atom is 0.235 e. The van der Waals surface area contributed by atoms with Gasteiger partial charge in [0.1, 0.15) is 5.82 Å². The molecule has 2 rings (SSSR count). The maximum atomic E-state index is 13.6. The lowest BCUT2D eigenvalue weighted by Crippen LogP contribution is -2.37. The largest absolute Gasteiger partial charge is 0.332 e. The average Bonchev–Trinajstić information content (AvgIpc) is 2.54. The van der Waals surface area contributed by atoms with Crippen molar-refractivity contribution in [3.8, 4) is 0 Å². The van der Waals surface area contributed by atoms with Gasteiger partial charge in [-0.1, -0.05) is 18.2 Å². The molecule has 0 aliphatic rings. The Labute approximate surface area is 134 Å². The van der Waals surface area contributed by atoms with Crippen LogP contribution in [-0.4, -0.2) is 34.3 Å². The molecular formula is C17H19FN2OS. The molecule has 0 radical (unpaired) electrons. The van der Waals surface area contributed by atoms with Gasteiger partial charge in [-0.05, 0) is 43.0 Å². The van der Waals surface area contributed by atoms with E-state index in [1.165, 1.54) is 23.9 Å². The van der Waals surface area contributed by atoms with Crippen LogP contribution in [0, 0.1) is 5.82 Å². The lowest BCUT2D eigenvalue weighted by atomic mass is 10.0. The van der Waals surface area contributed by atoms with E-state index in [9.17, 15) is 9.18 Å². The minimum absolute atomic E-state index is 0.00702. The van der Waals surface area contributed by atoms with Crippen molar-refractivity contribution in [2.75, 3.05) is 13.3 Å². The number of carbonyl (C=O) groups excluding carboxylic acids is 1. The molecule has 22 heavy (non-hydrogen) atoms. The van der Waals surface area contributed by atoms with Crippen molar-refractivity contribution < 1.29 is 9.18 Å². The van der Waals surface area contributed by atoms with E-state index >= 15 is 0 Å². The molecule has 1 amide bonds. The summed E-state index contributed by atoms with van der Waals surface area (Å²) in [6, 6.07) is 11.4. The molecule has 3 nitrogen and oxygen atoms in total. The second-order valence-electron chi connectivity index (χ2n) is 5.04. The summed E-state index contributed by atoms with van der Waals surface area (Å²) in [6.07, 6.45) is 3.58. The highest BCUT2D eigenvalue weighted by Gasteiger charge is 2.27. The van der Waals surface area contributed by atoms with Crippen LogP contribution in [0.15, 0.2) is 48.7 Å². The van der Waals surface area contributed by atoms with E-state index in [0.717, 1.165) is 5.69 Å². The topological polar surface area (TPSA) is 33.2 Å². The molecule has 1 aromatic heterocycles. The highest BCUT2D eigenvalue weighted by Crippen LogP contribution is 2.28. The van der Waals surface area contributed by atoms with E-state index in [1.807, 2.05) is 37.4 Å². The van der Waals surface area contributed by atoms with Gasteiger partial charge in [0.05, 0.1) is 17.0 Å². The summed E-state index contributed by atoms with van der Waals surface area (Å²) in [5, 5.41) is -0.162. The Morgan fingerprint density at radius 1 is 1.27 bits per heavy atom. The smallest absolute Gasteiger partial charge is 0.235 e. The van der Waals surface area contributed by atoms with E-state index in [4.69, 9.17) is 0 Å². The van der Waals surface area contributed by atoms with Crippen LogP contribution in [0.25, 0.3) is 0 Å². The molecule has 5 heteroatoms. The third-order valence-electron chi connectivity index (χ3n) is 3.57. The summed E-state index contributed by atoms with van der Waals surface area (Å²) in [6.45, 7) is 1.87. The number of halogens is 1. The molecule has 2 atom stereocenters. The van der Waals surface area contributed by atoms with Crippen molar-refractivity contribution in [2.24, 2.45) is 0 Å². The fraction of sp³-hybridized carbons (Fsp3) is 0.294. The first-order valence-electron chi connectivity index (χ1n) is 7.00. The van der Waals surface area contributed by atoms with Crippen LogP contribution in [0.2, 0.25) is 0 Å². The third-order valence-corrected chi connectivity index (χ3v) is 4.48. The van der Waals surface area contributed by atoms with Gasteiger partial charge in [0.15, 0.2) is 0 Å². The molecule has 0 spiro atoms. The predicted octanol–water partition coefficient (Wildman–Crippen LogP) is 3.52. The lowest BCUT2D eigenvalue weighted by molar-refractivity contribution is -0.130. The first-order chi connectivity index (χ1) is 10.5. The van der Waals surface area contributed by atoms with Gasteiger partial charge in [-0.2, -0.15) is 11.8 Å². The van der Waals surface area contributed by atoms with E-state index in [1.54, 1.807) is 24.2 Å². The summed E-state index contributed by atoms with van der Waals surface area (Å²) < 4.78 is 13.6. The van der Waals surface area contributed by atoms with Crippen LogP contribution in [0.5, 0.6) is 0 Å². The number of carbonyl (C=O) groups is 1. The lowest BCUT2D eigenvalue weighted by Gasteiger charge is -2.30. The van der Waals surface area contributed by atoms with Gasteiger partial charge >= 0.3 is 0 Å². The van der Waals surface area contributed by atoms with E-state index in [-0.39, 0.29) is 17.0 Å². The van der Waals surface area contributed by atoms with Crippen LogP contribution in [0.3, 0.4) is 0 Å². The number of amides is 1. The van der Waals surface area contributed by atoms with Gasteiger partial charge in [-0.15, -0.1) is 0 Å². The molecule has 116 valence electrons. The molecule has 0 saturated carbocycles. The second-order valence-corrected chi connectivity index (χ2v) is 6.22. The first-order valence-corrected chi connectivity index (χ1v) is 8.29. The Balaban J connectivity index is 2.44. The van der Waals surface area contributed by atoms with Gasteiger partial charge in [0, 0.05) is 13.2 Å². The number of hydrogen-bond donors (Lipinski definition) is 0. The monoisotopic (exact) mass is 318 g/mol. The Morgan fingerprint density at radius 3 is 2.64 bits per heavy atom. The van der Waals surface area contributed by atoms with Gasteiger partial charge in [0.25, 0.3) is 0 Å². The minimum atomic E-state index is -0.404. The fourth-order valence-electron chi connectivity index (χ4n) is 2.32. The summed E-state index contributed by atoms with van der Waals surface area (Å²) in [4.78, 5) is 18.5. The molecule has 0 bridgehead atoms. The highest BCUT2D eigenvalue weighted by molar-refractivity contribution is 7.99. The number of rotatable bonds is 5. The number of hydrogen-bond acceptors (Lipinski definition) is 3. The molecular weight excluding hydrogens is 299 g/mol. The quantitative estimate of drug-likeness (QED) is 0.846. The number of pyridine rings is 1. The first kappa shape index (κ1) is 16.5. The maximum absolute atomic E-state index is 13.6. The standard InChI is InChI=1S/C17H19FN2OS/c1-12(22-3)17(21)20(2)16(15-9-4-5-10-19-15)13-7-6-8-14(18)11-13/h4-12,16H,1-3H3/t12-,16-/m0/s1. The Bertz CT molecular complexity index is 636. The number of nitrogens with zero attached hydrogens (tertiary/aromatic N) is 2. The van der Waals surface area contributed by atoms with Crippen molar-refractivity contribution in [1.82, 2.24) is 9.88 Å². The van der Waals surface area contributed by atoms with Crippen LogP contribution < -0.4 is 0 Å². The number of benzene rings is 1. The van der Waals surface area contributed by atoms with Crippen LogP contribution >= 0.6 is 11.8 Å². The van der Waals surface area contributed by atoms with Crippen molar-refractivity contribution in [3.05, 3.63) is 65.7 Å². The fourth-order valence-corrected chi connectivity index (χ4v) is 2.69. The van der Waals surface area contributed by atoms with E-state index < -0.39 is 6.04 Å². The molecule has 0 aliphatic carbocycles. The minimum Gasteiger partial charge on any atom is -0.332 e. The molecule has 1 aromatic carbocycles. The summed E-state index contributed by atoms with van der Waals surface area (Å²) in [7, 11) is 1.74. The van der Waals surface area contributed by atoms with Gasteiger partial charge < -0.3 is 4.90 Å². The molecule has 0 unspecified atom stereocenters. The third kappa shape index (κ3) is 3.65. The highest BCUT2D eigenvalue weighted by atomic mass is 32.2. The SMILES string of the molecule is CS[C@@H](C)C(=O)N(C)[C@@H](c1cccc(F)c1)c1ccccn1. The average molecular weight is 318 g/mol. The number of thioether (sulfide) groups is 1. The van der Waals surface area contributed by atoms with Crippen molar-refractivity contribution >= 4 is 17.7 Å². The Hall–Kier alpha value is -1.88. The summed E-state index contributed by atoms with van der Waals surface area (Å²) in [5.41, 5.74) is 1.43. The Kier molecular flexibility index (Phi) is 5.55. The van der Waals surface area contributed by atoms with Crippen LogP contribution in [0.4, 0.5) is 4.39 Å². The van der Waals surface area contributed by atoms with Gasteiger partial charge in [-0.25, -0.2) is 4.39 Å². The molecule has 2 aromatic rings. The molecule has 1 heterocycles. The normalized spacial score (nSPS) is 13.5. The zero-order chi connectivity index (χ0) is 16.1. The van der Waals surface area contributed by atoms with Crippen molar-refractivity contribution in [3.63, 3.8) is 0 Å². The summed E-state index contributed by atoms with van der Waals surface area (Å²) >= 11 is 1.49. The summed E-state index contributed by atoms with van der Waals surface area (Å²) in [5.74, 6) is -0.329. The van der Waals surface area contributed by atoms with Crippen molar-refractivity contribution in [1.29, 1.82) is 0 Å². The molecule has 0 aliphatic heterocycles. The molecule has 0 saturated heterocycles. The zero-order valence-corrected chi connectivity index (χ0v) is 13.7. The van der Waals surface area contributed by atoms with E-state index in [2.05, 4.69) is 4.98 Å². The zero-order valence-electron chi connectivity index (χ0n) is 12.9. The molecule has 0 N–H and O–H groups in total. The van der Waals surface area contributed by atoms with Gasteiger partial charge in [0.2, 0.25) is 5.91 Å².